The maximum atomic E-state index is 14.7. The fourth-order valence-corrected chi connectivity index (χ4v) is 8.56. The maximum Gasteiger partial charge on any atom is 0.326 e. The number of aliphatic imine (C=N–C) groups is 1. The monoisotopic (exact) mass is 1000 g/mol. The third-order valence-electron chi connectivity index (χ3n) is 12.6. The Morgan fingerprint density at radius 1 is 0.644 bits per heavy atom. The number of hydrogen-bond donors (Lipinski definition) is 9. The Hall–Kier alpha value is -7.12. The molecule has 1 aromatic heterocycles. The van der Waals surface area contributed by atoms with Crippen LogP contribution < -0.4 is 43.5 Å². The standard InChI is InChI=1S/C55H73N9O9/c56-31-17-7-5-3-1-2-4-6-14-26-51(66)61-48(34-40-27-29-44(30-28-40)71-38-41-21-12-9-13-22-41)50(65)36-42(33-39-19-10-8-11-20-39)52(67)62-47(25-18-32-59-55(57)64-73-72-58)53(68)63-49(54(69)70)35-43-37-60-46-24-16-15-23-45(43)46/h8-13,15-16,19-24,27-30,37,42,47-49,60H,1-7,14,17-18,25-26,31-36,38,56,58H2,(H,61,66)(H,62,67)(H,63,68)(H,69,70)(H3,57,59,64)/t42-,47-,48-,49-/m0/s1. The van der Waals surface area contributed by atoms with Crippen LogP contribution in [-0.2, 0) is 59.8 Å². The third-order valence-corrected chi connectivity index (χ3v) is 12.6. The number of H-pyrrole nitrogens is 1. The molecule has 0 saturated heterocycles. The molecule has 392 valence electrons. The summed E-state index contributed by atoms with van der Waals surface area (Å²) in [6, 6.07) is 30.2. The van der Waals surface area contributed by atoms with Gasteiger partial charge in [0.15, 0.2) is 5.78 Å². The number of nitrogens with two attached hydrogens (primary N) is 3. The van der Waals surface area contributed by atoms with E-state index in [1.54, 1.807) is 6.20 Å². The first-order valence-electron chi connectivity index (χ1n) is 25.3. The summed E-state index contributed by atoms with van der Waals surface area (Å²) in [7, 11) is 0. The van der Waals surface area contributed by atoms with Crippen molar-refractivity contribution in [2.24, 2.45) is 28.3 Å². The van der Waals surface area contributed by atoms with Crippen molar-refractivity contribution < 1.29 is 43.8 Å². The molecule has 0 aliphatic heterocycles. The molecule has 0 spiro atoms. The zero-order valence-electron chi connectivity index (χ0n) is 41.6. The highest BCUT2D eigenvalue weighted by molar-refractivity contribution is 5.95. The second kappa shape index (κ2) is 32.1. The van der Waals surface area contributed by atoms with E-state index in [-0.39, 0.29) is 69.1 Å². The van der Waals surface area contributed by atoms with E-state index in [0.717, 1.165) is 72.7 Å². The predicted molar refractivity (Wildman–Crippen MR) is 280 cm³/mol. The van der Waals surface area contributed by atoms with Crippen LogP contribution in [0.4, 0.5) is 0 Å². The van der Waals surface area contributed by atoms with Crippen LogP contribution in [0.1, 0.15) is 106 Å². The van der Waals surface area contributed by atoms with E-state index in [4.69, 9.17) is 22.1 Å². The predicted octanol–water partition coefficient (Wildman–Crippen LogP) is 6.17. The Balaban J connectivity index is 1.33. The van der Waals surface area contributed by atoms with Gasteiger partial charge in [-0.3, -0.25) is 24.2 Å². The number of carbonyl (C=O) groups excluding carboxylic acids is 4. The van der Waals surface area contributed by atoms with E-state index in [0.29, 0.717) is 24.3 Å². The van der Waals surface area contributed by atoms with Crippen molar-refractivity contribution in [1.82, 2.24) is 26.4 Å². The van der Waals surface area contributed by atoms with Crippen molar-refractivity contribution >= 4 is 46.3 Å². The van der Waals surface area contributed by atoms with Crippen LogP contribution in [0.5, 0.6) is 5.75 Å². The van der Waals surface area contributed by atoms with Crippen LogP contribution in [-0.4, -0.2) is 76.7 Å². The van der Waals surface area contributed by atoms with Crippen LogP contribution in [0.25, 0.3) is 10.9 Å². The number of rotatable bonds is 35. The molecule has 5 rings (SSSR count). The zero-order chi connectivity index (χ0) is 52.0. The number of fused-ring (bicyclic) bond motifs is 1. The minimum Gasteiger partial charge on any atom is -0.489 e. The van der Waals surface area contributed by atoms with Gasteiger partial charge in [0.1, 0.15) is 24.4 Å². The number of nitrogens with zero attached hydrogens (tertiary/aromatic N) is 1. The summed E-state index contributed by atoms with van der Waals surface area (Å²) in [4.78, 5) is 85.4. The number of hydroxylamine groups is 1. The summed E-state index contributed by atoms with van der Waals surface area (Å²) in [6.07, 6.45) is 11.5. The largest absolute Gasteiger partial charge is 0.489 e. The molecule has 5 aromatic rings. The molecule has 0 radical (unpaired) electrons. The van der Waals surface area contributed by atoms with E-state index in [1.165, 1.54) is 12.8 Å². The molecule has 0 saturated carbocycles. The van der Waals surface area contributed by atoms with Gasteiger partial charge in [-0.05, 0) is 85.5 Å². The second-order valence-corrected chi connectivity index (χ2v) is 18.2. The number of aromatic amines is 1. The molecule has 0 fully saturated rings. The van der Waals surface area contributed by atoms with Crippen LogP contribution in [0.3, 0.4) is 0 Å². The summed E-state index contributed by atoms with van der Waals surface area (Å²) in [5.41, 5.74) is 17.6. The van der Waals surface area contributed by atoms with Gasteiger partial charge in [-0.25, -0.2) is 10.3 Å². The van der Waals surface area contributed by atoms with Crippen LogP contribution >= 0.6 is 0 Å². The van der Waals surface area contributed by atoms with Gasteiger partial charge in [0, 0.05) is 48.8 Å². The topological polar surface area (TPSA) is 288 Å². The van der Waals surface area contributed by atoms with E-state index in [2.05, 4.69) is 41.4 Å². The van der Waals surface area contributed by atoms with Crippen molar-refractivity contribution in [3.05, 3.63) is 138 Å². The van der Waals surface area contributed by atoms with Gasteiger partial charge in [0.25, 0.3) is 0 Å². The minimum absolute atomic E-state index is 0.00651. The molecule has 12 N–H and O–H groups in total. The lowest BCUT2D eigenvalue weighted by atomic mass is 9.89. The average Bonchev–Trinajstić information content (AvgIpc) is 3.81. The molecule has 3 amide bonds. The van der Waals surface area contributed by atoms with E-state index >= 15 is 0 Å². The number of carboxylic acid groups (broad SMARTS) is 1. The van der Waals surface area contributed by atoms with Crippen molar-refractivity contribution in [3.63, 3.8) is 0 Å². The number of nitrogens with one attached hydrogen (secondary N) is 5. The molecule has 0 aliphatic rings. The highest BCUT2D eigenvalue weighted by atomic mass is 17.3. The number of amides is 3. The molecule has 0 unspecified atom stereocenters. The number of ether oxygens (including phenoxy) is 1. The van der Waals surface area contributed by atoms with Crippen molar-refractivity contribution in [2.75, 3.05) is 13.1 Å². The summed E-state index contributed by atoms with van der Waals surface area (Å²) < 4.78 is 6.00. The first-order valence-corrected chi connectivity index (χ1v) is 25.3. The quantitative estimate of drug-likeness (QED) is 0.00723. The minimum atomic E-state index is -1.36. The molecule has 0 aliphatic carbocycles. The fraction of sp³-hybridized carbons (Fsp3) is 0.418. The van der Waals surface area contributed by atoms with Crippen LogP contribution in [0.2, 0.25) is 0 Å². The summed E-state index contributed by atoms with van der Waals surface area (Å²) in [6.45, 7) is 1.16. The lowest BCUT2D eigenvalue weighted by Gasteiger charge is -2.25. The van der Waals surface area contributed by atoms with E-state index < -0.39 is 41.8 Å². The number of para-hydroxylation sites is 1. The average molecular weight is 1000 g/mol. The van der Waals surface area contributed by atoms with Gasteiger partial charge in [-0.15, -0.1) is 4.99 Å². The van der Waals surface area contributed by atoms with E-state index in [1.807, 2.05) is 109 Å². The van der Waals surface area contributed by atoms with Crippen LogP contribution in [0.15, 0.2) is 120 Å². The molecule has 1 heterocycles. The Morgan fingerprint density at radius 2 is 1.26 bits per heavy atom. The highest BCUT2D eigenvalue weighted by Crippen LogP contribution is 2.22. The Bertz CT molecular complexity index is 2470. The molecule has 0 bridgehead atoms. The number of carbonyl (C=O) groups is 5. The number of hydrogen-bond acceptors (Lipinski definition) is 11. The number of carboxylic acids is 1. The smallest absolute Gasteiger partial charge is 0.326 e. The Kier molecular flexibility index (Phi) is 24.9. The van der Waals surface area contributed by atoms with Gasteiger partial charge in [0.2, 0.25) is 23.7 Å². The zero-order valence-corrected chi connectivity index (χ0v) is 41.6. The SMILES string of the molecule is NCCCCCCCCCCCC(=O)N[C@@H](Cc1ccc(OCc2ccccc2)cc1)C(=O)C[C@H](Cc1ccccc1)C(=O)N[C@@H](CCCN=C(N)NOON)C(=O)N[C@@H](Cc1c[nH]c2ccccc12)C(=O)O. The molecular weight excluding hydrogens is 931 g/mol. The maximum absolute atomic E-state index is 14.7. The fourth-order valence-electron chi connectivity index (χ4n) is 8.56. The van der Waals surface area contributed by atoms with E-state index in [9.17, 15) is 29.1 Å². The third kappa shape index (κ3) is 20.9. The van der Waals surface area contributed by atoms with Gasteiger partial charge in [0.05, 0.1) is 6.04 Å². The van der Waals surface area contributed by atoms with Crippen molar-refractivity contribution in [1.29, 1.82) is 0 Å². The molecular formula is C55H73N9O9. The summed E-state index contributed by atoms with van der Waals surface area (Å²) in [5.74, 6) is 1.09. The molecule has 18 nitrogen and oxygen atoms in total. The molecule has 73 heavy (non-hydrogen) atoms. The Morgan fingerprint density at radius 3 is 1.93 bits per heavy atom. The number of Topliss-reactive ketones (excluding diaryl/α,β-unsaturated/α-hetero) is 1. The van der Waals surface area contributed by atoms with Gasteiger partial charge < -0.3 is 42.2 Å². The lowest BCUT2D eigenvalue weighted by Crippen LogP contribution is -2.53. The number of aliphatic carboxylic acids is 1. The second-order valence-electron chi connectivity index (χ2n) is 18.2. The first-order chi connectivity index (χ1) is 35.5. The first kappa shape index (κ1) is 56.8. The highest BCUT2D eigenvalue weighted by Gasteiger charge is 2.32. The number of aromatic nitrogens is 1. The number of benzene rings is 4. The lowest BCUT2D eigenvalue weighted by molar-refractivity contribution is -0.326. The van der Waals surface area contributed by atoms with Gasteiger partial charge in [-0.1, -0.05) is 141 Å². The van der Waals surface area contributed by atoms with Gasteiger partial charge >= 0.3 is 5.97 Å². The van der Waals surface area contributed by atoms with Crippen molar-refractivity contribution in [3.8, 4) is 5.75 Å². The summed E-state index contributed by atoms with van der Waals surface area (Å²) in [5, 5.41) is 19.6. The summed E-state index contributed by atoms with van der Waals surface area (Å²) >= 11 is 0. The van der Waals surface area contributed by atoms with Gasteiger partial charge in [-0.2, -0.15) is 5.90 Å². The number of unbranched alkanes of at least 4 members (excludes halogenated alkanes) is 8. The van der Waals surface area contributed by atoms with Crippen LogP contribution in [0, 0.1) is 5.92 Å². The molecule has 4 atom stereocenters. The molecule has 4 aromatic carbocycles. The number of guanidine groups is 1. The normalized spacial score (nSPS) is 13.1. The number of ketones is 1. The molecule has 18 heteroatoms. The Labute approximate surface area is 427 Å². The van der Waals surface area contributed by atoms with Crippen molar-refractivity contribution in [2.45, 2.75) is 127 Å².